The Morgan fingerprint density at radius 1 is 1.07 bits per heavy atom. The number of nitrogens with zero attached hydrogens (tertiary/aromatic N) is 3. The molecule has 1 N–H and O–H groups in total. The molecule has 5 nitrogen and oxygen atoms in total. The summed E-state index contributed by atoms with van der Waals surface area (Å²) in [6, 6.07) is 19.9. The Morgan fingerprint density at radius 3 is 2.68 bits per heavy atom. The number of aryl methyl sites for hydroxylation is 3. The van der Waals surface area contributed by atoms with E-state index >= 15 is 0 Å². The molecule has 0 amide bonds. The highest BCUT2D eigenvalue weighted by Gasteiger charge is 2.02. The SMILES string of the molecule is Cc1cc(C)n(CCCNCc2cccc(OCc3cccc(C#N)c3)c2)n1. The Bertz CT molecular complexity index is 955. The van der Waals surface area contributed by atoms with Crippen molar-refractivity contribution in [2.24, 2.45) is 0 Å². The van der Waals surface area contributed by atoms with Gasteiger partial charge < -0.3 is 10.1 Å². The van der Waals surface area contributed by atoms with Gasteiger partial charge in [-0.1, -0.05) is 24.3 Å². The fourth-order valence-electron chi connectivity index (χ4n) is 3.13. The maximum absolute atomic E-state index is 8.98. The van der Waals surface area contributed by atoms with Crippen LogP contribution in [0.2, 0.25) is 0 Å². The van der Waals surface area contributed by atoms with Gasteiger partial charge >= 0.3 is 0 Å². The van der Waals surface area contributed by atoms with Gasteiger partial charge in [-0.05, 0) is 68.3 Å². The fraction of sp³-hybridized carbons (Fsp3) is 0.304. The number of aromatic nitrogens is 2. The molecule has 0 spiro atoms. The molecule has 5 heteroatoms. The van der Waals surface area contributed by atoms with Gasteiger partial charge in [-0.3, -0.25) is 4.68 Å². The van der Waals surface area contributed by atoms with Crippen molar-refractivity contribution in [3.8, 4) is 11.8 Å². The summed E-state index contributed by atoms with van der Waals surface area (Å²) in [6.07, 6.45) is 1.04. The van der Waals surface area contributed by atoms with Crippen LogP contribution >= 0.6 is 0 Å². The van der Waals surface area contributed by atoms with Gasteiger partial charge in [0.15, 0.2) is 0 Å². The first-order chi connectivity index (χ1) is 13.6. The Kier molecular flexibility index (Phi) is 6.83. The van der Waals surface area contributed by atoms with E-state index in [1.807, 2.05) is 37.3 Å². The lowest BCUT2D eigenvalue weighted by atomic mass is 10.1. The quantitative estimate of drug-likeness (QED) is 0.572. The maximum atomic E-state index is 8.98. The first-order valence-electron chi connectivity index (χ1n) is 9.56. The summed E-state index contributed by atoms with van der Waals surface area (Å²) in [6.45, 7) is 7.24. The van der Waals surface area contributed by atoms with Crippen molar-refractivity contribution < 1.29 is 4.74 Å². The van der Waals surface area contributed by atoms with E-state index in [0.717, 1.165) is 43.1 Å². The number of hydrogen-bond acceptors (Lipinski definition) is 4. The third kappa shape index (κ3) is 5.70. The molecule has 144 valence electrons. The molecule has 0 aliphatic rings. The molecular formula is C23H26N4O. The second-order valence-electron chi connectivity index (χ2n) is 6.93. The van der Waals surface area contributed by atoms with E-state index in [-0.39, 0.29) is 0 Å². The Labute approximate surface area is 166 Å². The lowest BCUT2D eigenvalue weighted by Crippen LogP contribution is -2.17. The second-order valence-corrected chi connectivity index (χ2v) is 6.93. The number of hydrogen-bond donors (Lipinski definition) is 1. The van der Waals surface area contributed by atoms with Crippen LogP contribution in [-0.2, 0) is 19.7 Å². The number of rotatable bonds is 9. The van der Waals surface area contributed by atoms with E-state index in [1.54, 1.807) is 6.07 Å². The molecule has 3 aromatic rings. The Hall–Kier alpha value is -3.10. The summed E-state index contributed by atoms with van der Waals surface area (Å²) in [5, 5.41) is 17.0. The van der Waals surface area contributed by atoms with Crippen molar-refractivity contribution >= 4 is 0 Å². The van der Waals surface area contributed by atoms with Crippen LogP contribution in [0.5, 0.6) is 5.75 Å². The summed E-state index contributed by atoms with van der Waals surface area (Å²) in [5.74, 6) is 0.837. The molecule has 0 saturated heterocycles. The summed E-state index contributed by atoms with van der Waals surface area (Å²) >= 11 is 0. The van der Waals surface area contributed by atoms with Gasteiger partial charge in [0.2, 0.25) is 0 Å². The molecule has 0 radical (unpaired) electrons. The third-order valence-corrected chi connectivity index (χ3v) is 4.52. The van der Waals surface area contributed by atoms with E-state index < -0.39 is 0 Å². The van der Waals surface area contributed by atoms with Crippen molar-refractivity contribution in [2.45, 2.75) is 40.0 Å². The second kappa shape index (κ2) is 9.72. The number of ether oxygens (including phenoxy) is 1. The van der Waals surface area contributed by atoms with Crippen LogP contribution in [0.25, 0.3) is 0 Å². The van der Waals surface area contributed by atoms with Crippen molar-refractivity contribution in [3.05, 3.63) is 82.7 Å². The summed E-state index contributed by atoms with van der Waals surface area (Å²) < 4.78 is 7.95. The molecule has 1 aromatic heterocycles. The first kappa shape index (κ1) is 19.7. The number of nitrogens with one attached hydrogen (secondary N) is 1. The molecule has 3 rings (SSSR count). The van der Waals surface area contributed by atoms with Crippen LogP contribution in [0, 0.1) is 25.2 Å². The van der Waals surface area contributed by atoms with Crippen LogP contribution in [0.4, 0.5) is 0 Å². The molecular weight excluding hydrogens is 348 g/mol. The predicted octanol–water partition coefficient (Wildman–Crippen LogP) is 4.13. The van der Waals surface area contributed by atoms with Crippen LogP contribution in [0.15, 0.2) is 54.6 Å². The van der Waals surface area contributed by atoms with Gasteiger partial charge in [0.05, 0.1) is 17.3 Å². The Balaban J connectivity index is 1.43. The minimum absolute atomic E-state index is 0.453. The van der Waals surface area contributed by atoms with Gasteiger partial charge in [-0.2, -0.15) is 10.4 Å². The normalized spacial score (nSPS) is 10.6. The largest absolute Gasteiger partial charge is 0.489 e. The zero-order valence-corrected chi connectivity index (χ0v) is 16.5. The van der Waals surface area contributed by atoms with Gasteiger partial charge in [-0.25, -0.2) is 0 Å². The van der Waals surface area contributed by atoms with E-state index in [4.69, 9.17) is 10.00 Å². The molecule has 0 saturated carbocycles. The van der Waals surface area contributed by atoms with Crippen molar-refractivity contribution in [3.63, 3.8) is 0 Å². The fourth-order valence-corrected chi connectivity index (χ4v) is 3.13. The lowest BCUT2D eigenvalue weighted by molar-refractivity contribution is 0.306. The molecule has 0 atom stereocenters. The van der Waals surface area contributed by atoms with Crippen LogP contribution in [0.3, 0.4) is 0 Å². The van der Waals surface area contributed by atoms with Gasteiger partial charge in [0.1, 0.15) is 12.4 Å². The van der Waals surface area contributed by atoms with E-state index in [9.17, 15) is 0 Å². The van der Waals surface area contributed by atoms with Crippen LogP contribution in [0.1, 0.15) is 34.5 Å². The summed E-state index contributed by atoms with van der Waals surface area (Å²) in [7, 11) is 0. The number of nitriles is 1. The molecule has 0 bridgehead atoms. The standard InChI is InChI=1S/C23H26N4O/c1-18-12-19(2)27(26-18)11-5-10-25-16-21-7-4-9-23(14-21)28-17-22-8-3-6-20(13-22)15-24/h3-4,6-9,12-14,25H,5,10-11,16-17H2,1-2H3. The van der Waals surface area contributed by atoms with Crippen molar-refractivity contribution in [2.75, 3.05) is 6.54 Å². The van der Waals surface area contributed by atoms with Gasteiger partial charge in [0, 0.05) is 18.8 Å². The summed E-state index contributed by atoms with van der Waals surface area (Å²) in [5.41, 5.74) is 5.12. The number of benzene rings is 2. The molecule has 0 unspecified atom stereocenters. The van der Waals surface area contributed by atoms with Gasteiger partial charge in [-0.15, -0.1) is 0 Å². The molecule has 2 aromatic carbocycles. The van der Waals surface area contributed by atoms with E-state index in [0.29, 0.717) is 12.2 Å². The van der Waals surface area contributed by atoms with Gasteiger partial charge in [0.25, 0.3) is 0 Å². The topological polar surface area (TPSA) is 62.9 Å². The molecule has 28 heavy (non-hydrogen) atoms. The molecule has 0 aliphatic heterocycles. The first-order valence-corrected chi connectivity index (χ1v) is 9.56. The van der Waals surface area contributed by atoms with Crippen molar-refractivity contribution in [1.29, 1.82) is 5.26 Å². The van der Waals surface area contributed by atoms with Crippen LogP contribution < -0.4 is 10.1 Å². The van der Waals surface area contributed by atoms with E-state index in [2.05, 4.69) is 46.3 Å². The zero-order chi connectivity index (χ0) is 19.8. The predicted molar refractivity (Wildman–Crippen MR) is 110 cm³/mol. The summed E-state index contributed by atoms with van der Waals surface area (Å²) in [4.78, 5) is 0. The zero-order valence-electron chi connectivity index (χ0n) is 16.5. The minimum Gasteiger partial charge on any atom is -0.489 e. The van der Waals surface area contributed by atoms with E-state index in [1.165, 1.54) is 11.3 Å². The average Bonchev–Trinajstić information content (AvgIpc) is 3.03. The van der Waals surface area contributed by atoms with Crippen LogP contribution in [-0.4, -0.2) is 16.3 Å². The highest BCUT2D eigenvalue weighted by molar-refractivity contribution is 5.33. The molecule has 0 fully saturated rings. The smallest absolute Gasteiger partial charge is 0.120 e. The molecule has 0 aliphatic carbocycles. The average molecular weight is 374 g/mol. The molecule has 1 heterocycles. The Morgan fingerprint density at radius 2 is 1.89 bits per heavy atom. The third-order valence-electron chi connectivity index (χ3n) is 4.52. The maximum Gasteiger partial charge on any atom is 0.120 e. The lowest BCUT2D eigenvalue weighted by Gasteiger charge is -2.10. The van der Waals surface area contributed by atoms with Crippen molar-refractivity contribution in [1.82, 2.24) is 15.1 Å². The highest BCUT2D eigenvalue weighted by atomic mass is 16.5. The minimum atomic E-state index is 0.453. The monoisotopic (exact) mass is 374 g/mol. The highest BCUT2D eigenvalue weighted by Crippen LogP contribution is 2.16.